The maximum atomic E-state index is 15.6. The molecule has 11 nitrogen and oxygen atoms in total. The van der Waals surface area contributed by atoms with Gasteiger partial charge in [0.1, 0.15) is 11.3 Å². The van der Waals surface area contributed by atoms with Gasteiger partial charge in [-0.25, -0.2) is 18.6 Å². The zero-order valence-electron chi connectivity index (χ0n) is 25.7. The van der Waals surface area contributed by atoms with Crippen LogP contribution in [-0.4, -0.2) is 74.2 Å². The Kier molecular flexibility index (Phi) is 9.83. The van der Waals surface area contributed by atoms with E-state index in [1.54, 1.807) is 37.8 Å². The average molecular weight is 637 g/mol. The van der Waals surface area contributed by atoms with Gasteiger partial charge in [-0.2, -0.15) is 8.42 Å². The van der Waals surface area contributed by atoms with Crippen LogP contribution in [0.25, 0.3) is 10.9 Å². The number of hydrogen-bond donors (Lipinski definition) is 0. The van der Waals surface area contributed by atoms with Gasteiger partial charge in [0.2, 0.25) is 0 Å². The average Bonchev–Trinajstić information content (AvgIpc) is 2.95. The molecule has 2 aromatic carbocycles. The number of halogens is 2. The molecule has 4 rings (SSSR count). The van der Waals surface area contributed by atoms with Crippen molar-refractivity contribution >= 4 is 38.5 Å². The fourth-order valence-corrected chi connectivity index (χ4v) is 5.54. The van der Waals surface area contributed by atoms with Crippen molar-refractivity contribution in [3.8, 4) is 5.75 Å². The van der Waals surface area contributed by atoms with Gasteiger partial charge >= 0.3 is 6.09 Å². The van der Waals surface area contributed by atoms with Crippen LogP contribution >= 0.6 is 0 Å². The molecule has 1 aliphatic heterocycles. The number of methoxy groups -OCH3 is 1. The summed E-state index contributed by atoms with van der Waals surface area (Å²) in [6, 6.07) is 5.72. The van der Waals surface area contributed by atoms with Crippen LogP contribution in [0.2, 0.25) is 0 Å². The third kappa shape index (κ3) is 7.65. The molecule has 240 valence electrons. The van der Waals surface area contributed by atoms with Gasteiger partial charge in [-0.15, -0.1) is 0 Å². The van der Waals surface area contributed by atoms with Crippen molar-refractivity contribution in [1.29, 1.82) is 0 Å². The number of aryl methyl sites for hydroxylation is 1. The number of rotatable bonds is 9. The molecule has 0 atom stereocenters. The highest BCUT2D eigenvalue weighted by atomic mass is 32.2. The fraction of sp³-hybridized carbons (Fsp3) is 0.500. The summed E-state index contributed by atoms with van der Waals surface area (Å²) >= 11 is 0. The molecule has 1 fully saturated rings. The lowest BCUT2D eigenvalue weighted by molar-refractivity contribution is 0.0187. The largest absolute Gasteiger partial charge is 0.494 e. The van der Waals surface area contributed by atoms with E-state index in [9.17, 15) is 18.0 Å². The summed E-state index contributed by atoms with van der Waals surface area (Å²) in [6.07, 6.45) is 3.10. The Morgan fingerprint density at radius 1 is 1.14 bits per heavy atom. The minimum absolute atomic E-state index is 0.0426. The van der Waals surface area contributed by atoms with Gasteiger partial charge in [0.05, 0.1) is 37.2 Å². The first kappa shape index (κ1) is 33.1. The van der Waals surface area contributed by atoms with E-state index in [4.69, 9.17) is 13.7 Å². The topological polar surface area (TPSA) is 120 Å². The molecule has 0 radical (unpaired) electrons. The Labute approximate surface area is 255 Å². The first-order valence-corrected chi connectivity index (χ1v) is 16.0. The third-order valence-electron chi connectivity index (χ3n) is 7.23. The molecule has 0 N–H and O–H groups in total. The Morgan fingerprint density at radius 2 is 1.82 bits per heavy atom. The summed E-state index contributed by atoms with van der Waals surface area (Å²) < 4.78 is 71.0. The maximum absolute atomic E-state index is 15.6. The van der Waals surface area contributed by atoms with E-state index < -0.39 is 39.1 Å². The molecular formula is C30H38F2N4O7S. The molecule has 0 unspecified atom stereocenters. The van der Waals surface area contributed by atoms with E-state index in [0.717, 1.165) is 6.26 Å². The number of hydrogen-bond acceptors (Lipinski definition) is 9. The summed E-state index contributed by atoms with van der Waals surface area (Å²) in [5.41, 5.74) is -0.536. The van der Waals surface area contributed by atoms with Crippen LogP contribution in [0.1, 0.15) is 51.6 Å². The molecular weight excluding hydrogens is 598 g/mol. The van der Waals surface area contributed by atoms with Gasteiger partial charge in [0, 0.05) is 31.4 Å². The number of amides is 1. The van der Waals surface area contributed by atoms with E-state index in [0.29, 0.717) is 37.1 Å². The predicted octanol–water partition coefficient (Wildman–Crippen LogP) is 5.07. The minimum atomic E-state index is -3.72. The molecule has 1 amide bonds. The van der Waals surface area contributed by atoms with Gasteiger partial charge in [-0.05, 0) is 76.8 Å². The van der Waals surface area contributed by atoms with Crippen molar-refractivity contribution in [2.45, 2.75) is 58.6 Å². The number of ether oxygens (including phenoxy) is 2. The molecule has 44 heavy (non-hydrogen) atoms. The summed E-state index contributed by atoms with van der Waals surface area (Å²) in [6.45, 7) is 7.43. The molecule has 0 aliphatic carbocycles. The standard InChI is InChI=1S/C30H38F2N4O7S/c1-19-16-24(41-5)26(32)27(25(19)31)35(12-7-15-42-44(6,39)40)21-8-9-23-22(17-21)28(37)36(18-33-23)20-10-13-34(14-11-20)29(38)43-30(2,3)4/h8-9,16-18,20H,7,10-15H2,1-6H3. The van der Waals surface area contributed by atoms with Crippen LogP contribution in [-0.2, 0) is 19.0 Å². The van der Waals surface area contributed by atoms with E-state index >= 15 is 8.78 Å². The second-order valence-electron chi connectivity index (χ2n) is 11.8. The van der Waals surface area contributed by atoms with Crippen LogP contribution in [0.4, 0.5) is 25.0 Å². The lowest BCUT2D eigenvalue weighted by Crippen LogP contribution is -2.43. The molecule has 2 heterocycles. The molecule has 14 heteroatoms. The number of anilines is 2. The highest BCUT2D eigenvalue weighted by Gasteiger charge is 2.29. The van der Waals surface area contributed by atoms with Crippen molar-refractivity contribution in [3.05, 3.63) is 58.1 Å². The number of likely N-dealkylation sites (tertiary alicyclic amines) is 1. The Hall–Kier alpha value is -3.78. The third-order valence-corrected chi connectivity index (χ3v) is 7.82. The minimum Gasteiger partial charge on any atom is -0.494 e. The summed E-state index contributed by atoms with van der Waals surface area (Å²) in [7, 11) is -2.45. The zero-order valence-corrected chi connectivity index (χ0v) is 26.5. The van der Waals surface area contributed by atoms with E-state index in [1.165, 1.54) is 42.0 Å². The lowest BCUT2D eigenvalue weighted by atomic mass is 10.0. The van der Waals surface area contributed by atoms with Gasteiger partial charge in [-0.1, -0.05) is 0 Å². The van der Waals surface area contributed by atoms with E-state index in [2.05, 4.69) is 4.98 Å². The molecule has 1 aromatic heterocycles. The van der Waals surface area contributed by atoms with Gasteiger partial charge in [0.25, 0.3) is 15.7 Å². The van der Waals surface area contributed by atoms with Crippen LogP contribution in [0, 0.1) is 18.6 Å². The summed E-state index contributed by atoms with van der Waals surface area (Å²) in [5, 5.41) is 0.234. The first-order valence-electron chi connectivity index (χ1n) is 14.2. The predicted molar refractivity (Wildman–Crippen MR) is 162 cm³/mol. The molecule has 0 spiro atoms. The summed E-state index contributed by atoms with van der Waals surface area (Å²) in [4.78, 5) is 33.6. The highest BCUT2D eigenvalue weighted by molar-refractivity contribution is 7.85. The monoisotopic (exact) mass is 636 g/mol. The molecule has 0 bridgehead atoms. The van der Waals surface area contributed by atoms with Crippen molar-refractivity contribution in [1.82, 2.24) is 14.5 Å². The Balaban J connectivity index is 1.69. The van der Waals surface area contributed by atoms with Crippen molar-refractivity contribution in [2.75, 3.05) is 44.5 Å². The number of aromatic nitrogens is 2. The quantitative estimate of drug-likeness (QED) is 0.234. The van der Waals surface area contributed by atoms with E-state index in [-0.39, 0.29) is 47.9 Å². The number of nitrogens with zero attached hydrogens (tertiary/aromatic N) is 4. The second kappa shape index (κ2) is 13.1. The Bertz CT molecular complexity index is 1700. The van der Waals surface area contributed by atoms with Crippen LogP contribution in [0.3, 0.4) is 0 Å². The zero-order chi connectivity index (χ0) is 32.4. The van der Waals surface area contributed by atoms with Crippen molar-refractivity contribution in [2.24, 2.45) is 0 Å². The van der Waals surface area contributed by atoms with Gasteiger partial charge < -0.3 is 19.3 Å². The summed E-state index contributed by atoms with van der Waals surface area (Å²) in [5.74, 6) is -1.94. The number of fused-ring (bicyclic) bond motifs is 1. The number of carbonyl (C=O) groups excluding carboxylic acids is 1. The van der Waals surface area contributed by atoms with Crippen LogP contribution < -0.4 is 15.2 Å². The maximum Gasteiger partial charge on any atom is 0.410 e. The van der Waals surface area contributed by atoms with Gasteiger partial charge in [0.15, 0.2) is 17.4 Å². The normalized spacial score (nSPS) is 14.6. The smallest absolute Gasteiger partial charge is 0.410 e. The lowest BCUT2D eigenvalue weighted by Gasteiger charge is -2.34. The van der Waals surface area contributed by atoms with Crippen LogP contribution in [0.5, 0.6) is 5.75 Å². The Morgan fingerprint density at radius 3 is 2.43 bits per heavy atom. The SMILES string of the molecule is COc1cc(C)c(F)c(N(CCCOS(C)(=O)=O)c2ccc3ncn(C4CCN(C(=O)OC(C)(C)C)CC4)c(=O)c3c2)c1F. The van der Waals surface area contributed by atoms with Gasteiger partial charge in [-0.3, -0.25) is 13.5 Å². The molecule has 0 saturated carbocycles. The van der Waals surface area contributed by atoms with Crippen molar-refractivity contribution < 1.29 is 35.6 Å². The highest BCUT2D eigenvalue weighted by Crippen LogP contribution is 2.37. The fourth-order valence-electron chi connectivity index (χ4n) is 5.12. The number of benzene rings is 2. The van der Waals surface area contributed by atoms with E-state index in [1.807, 2.05) is 0 Å². The second-order valence-corrected chi connectivity index (χ2v) is 13.4. The number of piperidine rings is 1. The molecule has 1 saturated heterocycles. The molecule has 1 aliphatic rings. The first-order chi connectivity index (χ1) is 20.6. The molecule has 3 aromatic rings. The van der Waals surface area contributed by atoms with Crippen molar-refractivity contribution in [3.63, 3.8) is 0 Å². The van der Waals surface area contributed by atoms with Crippen LogP contribution in [0.15, 0.2) is 35.4 Å². The number of carbonyl (C=O) groups is 1.